The van der Waals surface area contributed by atoms with E-state index in [1.54, 1.807) is 6.07 Å². The molecule has 0 radical (unpaired) electrons. The number of carbonyl (C=O) groups is 3. The van der Waals surface area contributed by atoms with Gasteiger partial charge in [-0.1, -0.05) is 30.3 Å². The van der Waals surface area contributed by atoms with Crippen LogP contribution in [0.25, 0.3) is 10.8 Å². The van der Waals surface area contributed by atoms with E-state index < -0.39 is 12.0 Å². The monoisotopic (exact) mass is 281 g/mol. The van der Waals surface area contributed by atoms with Gasteiger partial charge in [0.15, 0.2) is 0 Å². The third-order valence-electron chi connectivity index (χ3n) is 4.01. The molecule has 0 fully saturated rings. The third kappa shape index (κ3) is 2.03. The molecule has 0 saturated heterocycles. The van der Waals surface area contributed by atoms with Crippen molar-refractivity contribution in [1.82, 2.24) is 5.32 Å². The first kappa shape index (κ1) is 13.5. The van der Waals surface area contributed by atoms with Crippen molar-refractivity contribution in [2.45, 2.75) is 19.9 Å². The van der Waals surface area contributed by atoms with E-state index in [2.05, 4.69) is 5.32 Å². The van der Waals surface area contributed by atoms with Crippen molar-refractivity contribution in [3.05, 3.63) is 47.5 Å². The molecule has 3 rings (SSSR count). The molecular formula is C17H15NO3. The van der Waals surface area contributed by atoms with Gasteiger partial charge in [0.25, 0.3) is 5.91 Å². The van der Waals surface area contributed by atoms with Crippen molar-refractivity contribution >= 4 is 28.2 Å². The largest absolute Gasteiger partial charge is 0.344 e. The summed E-state index contributed by atoms with van der Waals surface area (Å²) in [5.74, 6) is -1.54. The lowest BCUT2D eigenvalue weighted by atomic mass is 9.81. The van der Waals surface area contributed by atoms with Crippen molar-refractivity contribution in [3.63, 3.8) is 0 Å². The van der Waals surface area contributed by atoms with Crippen LogP contribution in [-0.4, -0.2) is 17.5 Å². The van der Waals surface area contributed by atoms with E-state index in [0.29, 0.717) is 5.56 Å². The lowest BCUT2D eigenvalue weighted by molar-refractivity contribution is -0.131. The number of benzene rings is 2. The summed E-state index contributed by atoms with van der Waals surface area (Å²) in [6.45, 7) is 2.78. The van der Waals surface area contributed by atoms with Crippen molar-refractivity contribution in [2.75, 3.05) is 0 Å². The van der Waals surface area contributed by atoms with Crippen LogP contribution in [0.3, 0.4) is 0 Å². The molecule has 1 amide bonds. The minimum atomic E-state index is -0.840. The molecule has 21 heavy (non-hydrogen) atoms. The zero-order chi connectivity index (χ0) is 15.1. The van der Waals surface area contributed by atoms with Crippen LogP contribution in [0.5, 0.6) is 0 Å². The quantitative estimate of drug-likeness (QED) is 0.879. The first-order valence-electron chi connectivity index (χ1n) is 6.84. The van der Waals surface area contributed by atoms with E-state index in [0.717, 1.165) is 16.3 Å². The minimum absolute atomic E-state index is 0.232. The maximum atomic E-state index is 12.3. The minimum Gasteiger partial charge on any atom is -0.344 e. The number of hydrogen-bond donors (Lipinski definition) is 1. The highest BCUT2D eigenvalue weighted by molar-refractivity contribution is 6.12. The number of amides is 1. The molecule has 0 aliphatic carbocycles. The molecular weight excluding hydrogens is 266 g/mol. The summed E-state index contributed by atoms with van der Waals surface area (Å²) >= 11 is 0. The third-order valence-corrected chi connectivity index (χ3v) is 4.01. The molecule has 0 spiro atoms. The summed E-state index contributed by atoms with van der Waals surface area (Å²) in [4.78, 5) is 36.0. The van der Waals surface area contributed by atoms with Gasteiger partial charge in [-0.15, -0.1) is 0 Å². The molecule has 4 nitrogen and oxygen atoms in total. The molecule has 0 saturated carbocycles. The zero-order valence-electron chi connectivity index (χ0n) is 11.8. The fourth-order valence-corrected chi connectivity index (χ4v) is 3.13. The van der Waals surface area contributed by atoms with E-state index in [1.165, 1.54) is 13.8 Å². The van der Waals surface area contributed by atoms with Gasteiger partial charge in [-0.25, -0.2) is 0 Å². The first-order chi connectivity index (χ1) is 10.0. The highest BCUT2D eigenvalue weighted by Gasteiger charge is 2.36. The Hall–Kier alpha value is -2.49. The second-order valence-electron chi connectivity index (χ2n) is 5.40. The Kier molecular flexibility index (Phi) is 3.09. The van der Waals surface area contributed by atoms with Crippen LogP contribution in [0.2, 0.25) is 0 Å². The fraction of sp³-hybridized carbons (Fsp3) is 0.235. The van der Waals surface area contributed by atoms with Gasteiger partial charge in [0.1, 0.15) is 17.5 Å². The fourth-order valence-electron chi connectivity index (χ4n) is 3.13. The van der Waals surface area contributed by atoms with Crippen molar-refractivity contribution in [2.24, 2.45) is 5.92 Å². The summed E-state index contributed by atoms with van der Waals surface area (Å²) in [6, 6.07) is 10.6. The SMILES string of the molecule is CC(=O)C(C(C)=O)C1NC(=O)c2cccc3cccc1c23. The Morgan fingerprint density at radius 3 is 2.29 bits per heavy atom. The highest BCUT2D eigenvalue weighted by Crippen LogP contribution is 2.35. The lowest BCUT2D eigenvalue weighted by Gasteiger charge is -2.30. The molecule has 1 unspecified atom stereocenters. The van der Waals surface area contributed by atoms with Gasteiger partial charge in [0.05, 0.1) is 6.04 Å². The van der Waals surface area contributed by atoms with Gasteiger partial charge in [0, 0.05) is 5.56 Å². The second-order valence-corrected chi connectivity index (χ2v) is 5.40. The second kappa shape index (κ2) is 4.81. The summed E-state index contributed by atoms with van der Waals surface area (Å²) < 4.78 is 0. The zero-order valence-corrected chi connectivity index (χ0v) is 11.8. The van der Waals surface area contributed by atoms with Crippen molar-refractivity contribution in [1.29, 1.82) is 0 Å². The molecule has 1 aliphatic rings. The van der Waals surface area contributed by atoms with Gasteiger partial charge in [0.2, 0.25) is 0 Å². The first-order valence-corrected chi connectivity index (χ1v) is 6.84. The standard InChI is InChI=1S/C17H15NO3/c1-9(19)14(10(2)20)16-12-7-3-5-11-6-4-8-13(15(11)12)17(21)18-16/h3-8,14,16H,1-2H3,(H,18,21). The number of ketones is 2. The Bertz CT molecular complexity index is 759. The van der Waals surface area contributed by atoms with Crippen LogP contribution in [0, 0.1) is 5.92 Å². The Labute approximate surface area is 122 Å². The topological polar surface area (TPSA) is 63.2 Å². The van der Waals surface area contributed by atoms with E-state index in [9.17, 15) is 14.4 Å². The average molecular weight is 281 g/mol. The molecule has 2 aromatic carbocycles. The molecule has 2 aromatic rings. The van der Waals surface area contributed by atoms with E-state index in [-0.39, 0.29) is 17.5 Å². The molecule has 0 bridgehead atoms. The highest BCUT2D eigenvalue weighted by atomic mass is 16.2. The summed E-state index contributed by atoms with van der Waals surface area (Å²) in [7, 11) is 0. The maximum absolute atomic E-state index is 12.3. The summed E-state index contributed by atoms with van der Waals surface area (Å²) in [6.07, 6.45) is 0. The number of Topliss-reactive ketones (excluding diaryl/α,β-unsaturated/α-hetero) is 2. The van der Waals surface area contributed by atoms with Crippen molar-refractivity contribution in [3.8, 4) is 0 Å². The van der Waals surface area contributed by atoms with Gasteiger partial charge in [-0.2, -0.15) is 0 Å². The van der Waals surface area contributed by atoms with Gasteiger partial charge in [-0.3, -0.25) is 14.4 Å². The summed E-state index contributed by atoms with van der Waals surface area (Å²) in [5.41, 5.74) is 1.42. The van der Waals surface area contributed by atoms with Crippen LogP contribution in [0.4, 0.5) is 0 Å². The van der Waals surface area contributed by atoms with Gasteiger partial charge >= 0.3 is 0 Å². The summed E-state index contributed by atoms with van der Waals surface area (Å²) in [5, 5.41) is 4.59. The smallest absolute Gasteiger partial charge is 0.252 e. The molecule has 1 atom stereocenters. The van der Waals surface area contributed by atoms with Crippen LogP contribution in [0.15, 0.2) is 36.4 Å². The van der Waals surface area contributed by atoms with Crippen LogP contribution >= 0.6 is 0 Å². The van der Waals surface area contributed by atoms with Crippen LogP contribution in [0.1, 0.15) is 35.8 Å². The predicted octanol–water partition coefficient (Wildman–Crippen LogP) is 2.42. The molecule has 1 heterocycles. The molecule has 4 heteroatoms. The van der Waals surface area contributed by atoms with Gasteiger partial charge in [-0.05, 0) is 36.2 Å². The Morgan fingerprint density at radius 1 is 1.05 bits per heavy atom. The number of rotatable bonds is 3. The molecule has 0 aromatic heterocycles. The molecule has 1 N–H and O–H groups in total. The Morgan fingerprint density at radius 2 is 1.67 bits per heavy atom. The number of carbonyl (C=O) groups excluding carboxylic acids is 3. The lowest BCUT2D eigenvalue weighted by Crippen LogP contribution is -2.41. The Balaban J connectivity index is 2.28. The van der Waals surface area contributed by atoms with E-state index in [1.807, 2.05) is 30.3 Å². The average Bonchev–Trinajstić information content (AvgIpc) is 2.43. The van der Waals surface area contributed by atoms with Crippen LogP contribution < -0.4 is 5.32 Å². The number of hydrogen-bond acceptors (Lipinski definition) is 3. The van der Waals surface area contributed by atoms with Crippen LogP contribution in [-0.2, 0) is 9.59 Å². The van der Waals surface area contributed by atoms with Crippen molar-refractivity contribution < 1.29 is 14.4 Å². The van der Waals surface area contributed by atoms with E-state index in [4.69, 9.17) is 0 Å². The maximum Gasteiger partial charge on any atom is 0.252 e. The normalized spacial score (nSPS) is 16.9. The number of nitrogens with one attached hydrogen (secondary N) is 1. The molecule has 1 aliphatic heterocycles. The molecule has 106 valence electrons. The van der Waals surface area contributed by atoms with E-state index >= 15 is 0 Å². The predicted molar refractivity (Wildman–Crippen MR) is 79.0 cm³/mol. The van der Waals surface area contributed by atoms with Gasteiger partial charge < -0.3 is 5.32 Å².